The van der Waals surface area contributed by atoms with E-state index in [0.717, 1.165) is 0 Å². The van der Waals surface area contributed by atoms with E-state index in [0.29, 0.717) is 6.04 Å². The van der Waals surface area contributed by atoms with Crippen molar-refractivity contribution in [2.75, 3.05) is 11.4 Å². The first kappa shape index (κ1) is 11.5. The molecule has 0 aromatic heterocycles. The highest BCUT2D eigenvalue weighted by Gasteiger charge is 2.17. The van der Waals surface area contributed by atoms with Crippen molar-refractivity contribution in [3.63, 3.8) is 0 Å². The summed E-state index contributed by atoms with van der Waals surface area (Å²) in [6, 6.07) is 9.62. The Morgan fingerprint density at radius 3 is 2.81 bits per heavy atom. The SMILES string of the molecule is CCC(C)N1CCCCCc2ccccc21. The van der Waals surface area contributed by atoms with E-state index in [1.807, 2.05) is 0 Å². The molecule has 0 spiro atoms. The summed E-state index contributed by atoms with van der Waals surface area (Å²) in [7, 11) is 0. The summed E-state index contributed by atoms with van der Waals surface area (Å²) in [6.45, 7) is 5.86. The minimum absolute atomic E-state index is 0.666. The molecule has 1 unspecified atom stereocenters. The maximum atomic E-state index is 2.61. The topological polar surface area (TPSA) is 3.24 Å². The summed E-state index contributed by atoms with van der Waals surface area (Å²) >= 11 is 0. The lowest BCUT2D eigenvalue weighted by Crippen LogP contribution is -2.34. The van der Waals surface area contributed by atoms with Crippen molar-refractivity contribution in [1.82, 2.24) is 0 Å². The Labute approximate surface area is 99.5 Å². The Kier molecular flexibility index (Phi) is 3.87. The van der Waals surface area contributed by atoms with Crippen molar-refractivity contribution in [2.45, 2.75) is 52.0 Å². The molecule has 0 saturated heterocycles. The molecular formula is C15H23N. The summed E-state index contributed by atoms with van der Waals surface area (Å²) in [5.41, 5.74) is 3.03. The van der Waals surface area contributed by atoms with Gasteiger partial charge in [-0.25, -0.2) is 0 Å². The van der Waals surface area contributed by atoms with Gasteiger partial charge in [0.05, 0.1) is 0 Å². The van der Waals surface area contributed by atoms with E-state index in [9.17, 15) is 0 Å². The number of nitrogens with zero attached hydrogens (tertiary/aromatic N) is 1. The van der Waals surface area contributed by atoms with E-state index in [1.165, 1.54) is 44.3 Å². The summed E-state index contributed by atoms with van der Waals surface area (Å²) in [5, 5.41) is 0. The van der Waals surface area contributed by atoms with Crippen molar-refractivity contribution in [2.24, 2.45) is 0 Å². The molecule has 16 heavy (non-hydrogen) atoms. The molecule has 0 fully saturated rings. The molecule has 1 aromatic carbocycles. The fourth-order valence-corrected chi connectivity index (χ4v) is 2.58. The van der Waals surface area contributed by atoms with Gasteiger partial charge in [-0.05, 0) is 44.2 Å². The van der Waals surface area contributed by atoms with Gasteiger partial charge in [0.1, 0.15) is 0 Å². The van der Waals surface area contributed by atoms with E-state index in [1.54, 1.807) is 5.56 Å². The molecule has 1 aliphatic rings. The van der Waals surface area contributed by atoms with Crippen molar-refractivity contribution < 1.29 is 0 Å². The van der Waals surface area contributed by atoms with Crippen molar-refractivity contribution in [1.29, 1.82) is 0 Å². The van der Waals surface area contributed by atoms with Crippen LogP contribution in [0.1, 0.15) is 45.1 Å². The Bertz CT molecular complexity index is 332. The first-order chi connectivity index (χ1) is 7.83. The van der Waals surface area contributed by atoms with Gasteiger partial charge in [0.15, 0.2) is 0 Å². The number of aryl methyl sites for hydroxylation is 1. The van der Waals surface area contributed by atoms with Crippen LogP contribution in [-0.2, 0) is 6.42 Å². The van der Waals surface area contributed by atoms with Crippen LogP contribution < -0.4 is 4.90 Å². The van der Waals surface area contributed by atoms with Crippen LogP contribution in [0.25, 0.3) is 0 Å². The lowest BCUT2D eigenvalue weighted by Gasteiger charge is -2.34. The summed E-state index contributed by atoms with van der Waals surface area (Å²) in [6.07, 6.45) is 6.56. The Hall–Kier alpha value is -0.980. The van der Waals surface area contributed by atoms with Gasteiger partial charge < -0.3 is 4.90 Å². The number of hydrogen-bond acceptors (Lipinski definition) is 1. The maximum Gasteiger partial charge on any atom is 0.0401 e. The lowest BCUT2D eigenvalue weighted by molar-refractivity contribution is 0.563. The van der Waals surface area contributed by atoms with Gasteiger partial charge in [-0.2, -0.15) is 0 Å². The lowest BCUT2D eigenvalue weighted by atomic mass is 10.00. The number of anilines is 1. The third kappa shape index (κ3) is 2.40. The molecule has 1 heterocycles. The molecular weight excluding hydrogens is 194 g/mol. The van der Waals surface area contributed by atoms with Gasteiger partial charge in [-0.3, -0.25) is 0 Å². The quantitative estimate of drug-likeness (QED) is 0.723. The zero-order valence-corrected chi connectivity index (χ0v) is 10.6. The first-order valence-corrected chi connectivity index (χ1v) is 6.67. The second-order valence-corrected chi connectivity index (χ2v) is 4.89. The predicted molar refractivity (Wildman–Crippen MR) is 71.1 cm³/mol. The average Bonchev–Trinajstić information content (AvgIpc) is 2.29. The zero-order chi connectivity index (χ0) is 11.4. The van der Waals surface area contributed by atoms with Gasteiger partial charge in [0.2, 0.25) is 0 Å². The van der Waals surface area contributed by atoms with Crippen LogP contribution in [0.3, 0.4) is 0 Å². The third-order valence-electron chi connectivity index (χ3n) is 3.77. The fourth-order valence-electron chi connectivity index (χ4n) is 2.58. The second kappa shape index (κ2) is 5.38. The summed E-state index contributed by atoms with van der Waals surface area (Å²) in [4.78, 5) is 2.61. The number of rotatable bonds is 2. The molecule has 1 heteroatoms. The molecule has 2 rings (SSSR count). The van der Waals surface area contributed by atoms with Crippen LogP contribution in [0.5, 0.6) is 0 Å². The van der Waals surface area contributed by atoms with Crippen molar-refractivity contribution in [3.8, 4) is 0 Å². The van der Waals surface area contributed by atoms with Gasteiger partial charge in [0, 0.05) is 18.3 Å². The number of para-hydroxylation sites is 1. The minimum Gasteiger partial charge on any atom is -0.369 e. The van der Waals surface area contributed by atoms with Gasteiger partial charge in [0.25, 0.3) is 0 Å². The Morgan fingerprint density at radius 2 is 2.00 bits per heavy atom. The molecule has 0 bridgehead atoms. The first-order valence-electron chi connectivity index (χ1n) is 6.67. The highest BCUT2D eigenvalue weighted by molar-refractivity contribution is 5.54. The number of fused-ring (bicyclic) bond motifs is 1. The van der Waals surface area contributed by atoms with Crippen LogP contribution in [0.15, 0.2) is 24.3 Å². The van der Waals surface area contributed by atoms with E-state index < -0.39 is 0 Å². The minimum atomic E-state index is 0.666. The molecule has 0 radical (unpaired) electrons. The molecule has 0 N–H and O–H groups in total. The maximum absolute atomic E-state index is 2.61. The van der Waals surface area contributed by atoms with E-state index in [4.69, 9.17) is 0 Å². The van der Waals surface area contributed by atoms with Gasteiger partial charge >= 0.3 is 0 Å². The molecule has 1 nitrogen and oxygen atoms in total. The summed E-state index contributed by atoms with van der Waals surface area (Å²) < 4.78 is 0. The highest BCUT2D eigenvalue weighted by Crippen LogP contribution is 2.27. The monoisotopic (exact) mass is 217 g/mol. The number of benzene rings is 1. The highest BCUT2D eigenvalue weighted by atomic mass is 15.2. The average molecular weight is 217 g/mol. The third-order valence-corrected chi connectivity index (χ3v) is 3.77. The Morgan fingerprint density at radius 1 is 1.19 bits per heavy atom. The second-order valence-electron chi connectivity index (χ2n) is 4.89. The molecule has 1 aromatic rings. The van der Waals surface area contributed by atoms with E-state index >= 15 is 0 Å². The van der Waals surface area contributed by atoms with Gasteiger partial charge in [-0.1, -0.05) is 31.5 Å². The molecule has 0 aliphatic carbocycles. The van der Waals surface area contributed by atoms with Crippen molar-refractivity contribution >= 4 is 5.69 Å². The van der Waals surface area contributed by atoms with Crippen LogP contribution >= 0.6 is 0 Å². The van der Waals surface area contributed by atoms with Crippen molar-refractivity contribution in [3.05, 3.63) is 29.8 Å². The summed E-state index contributed by atoms with van der Waals surface area (Å²) in [5.74, 6) is 0. The van der Waals surface area contributed by atoms with Crippen LogP contribution in [0, 0.1) is 0 Å². The molecule has 0 amide bonds. The van der Waals surface area contributed by atoms with Crippen LogP contribution in [0.2, 0.25) is 0 Å². The molecule has 1 aliphatic heterocycles. The standard InChI is InChI=1S/C15H23N/c1-3-13(2)16-12-8-4-5-9-14-10-6-7-11-15(14)16/h6-7,10-11,13H,3-5,8-9,12H2,1-2H3. The fraction of sp³-hybridized carbons (Fsp3) is 0.600. The number of hydrogen-bond donors (Lipinski definition) is 0. The normalized spacial score (nSPS) is 18.5. The molecule has 0 saturated carbocycles. The molecule has 88 valence electrons. The van der Waals surface area contributed by atoms with E-state index in [-0.39, 0.29) is 0 Å². The zero-order valence-electron chi connectivity index (χ0n) is 10.6. The smallest absolute Gasteiger partial charge is 0.0401 e. The molecule has 1 atom stereocenters. The largest absolute Gasteiger partial charge is 0.369 e. The predicted octanol–water partition coefficient (Wildman–Crippen LogP) is 4.02. The Balaban J connectivity index is 2.31. The van der Waals surface area contributed by atoms with E-state index in [2.05, 4.69) is 43.0 Å². The van der Waals surface area contributed by atoms with Crippen LogP contribution in [-0.4, -0.2) is 12.6 Å². The van der Waals surface area contributed by atoms with Gasteiger partial charge in [-0.15, -0.1) is 0 Å². The van der Waals surface area contributed by atoms with Crippen LogP contribution in [0.4, 0.5) is 5.69 Å².